The number of benzene rings is 2. The minimum atomic E-state index is -0.0487. The molecule has 1 aromatic heterocycles. The number of thiazole rings is 1. The molecule has 1 fully saturated rings. The number of carbonyl (C=O) groups is 1. The Morgan fingerprint density at radius 2 is 1.83 bits per heavy atom. The van der Waals surface area contributed by atoms with Gasteiger partial charge in [0.15, 0.2) is 0 Å². The second kappa shape index (κ2) is 9.35. The van der Waals surface area contributed by atoms with Gasteiger partial charge in [-0.05, 0) is 42.5 Å². The molecule has 1 amide bonds. The number of hydrogen-bond acceptors (Lipinski definition) is 5. The van der Waals surface area contributed by atoms with Crippen LogP contribution in [0.25, 0.3) is 11.3 Å². The summed E-state index contributed by atoms with van der Waals surface area (Å²) in [6.45, 7) is 3.70. The van der Waals surface area contributed by atoms with Gasteiger partial charge in [-0.1, -0.05) is 23.2 Å². The van der Waals surface area contributed by atoms with Gasteiger partial charge in [-0.25, -0.2) is 4.98 Å². The van der Waals surface area contributed by atoms with E-state index >= 15 is 0 Å². The number of ether oxygens (including phenoxy) is 1. The lowest BCUT2D eigenvalue weighted by molar-refractivity contribution is 0.0628. The van der Waals surface area contributed by atoms with Crippen LogP contribution in [-0.2, 0) is 6.54 Å². The zero-order valence-corrected chi connectivity index (χ0v) is 18.8. The van der Waals surface area contributed by atoms with E-state index in [9.17, 15) is 4.79 Å². The lowest BCUT2D eigenvalue weighted by atomic mass is 10.1. The van der Waals surface area contributed by atoms with Crippen LogP contribution in [0.4, 0.5) is 0 Å². The molecule has 0 aliphatic carbocycles. The summed E-state index contributed by atoms with van der Waals surface area (Å²) in [5.41, 5.74) is 2.55. The molecule has 1 aliphatic heterocycles. The summed E-state index contributed by atoms with van der Waals surface area (Å²) in [4.78, 5) is 21.7. The Labute approximate surface area is 189 Å². The van der Waals surface area contributed by atoms with E-state index in [1.54, 1.807) is 36.6 Å². The highest BCUT2D eigenvalue weighted by molar-refractivity contribution is 7.09. The van der Waals surface area contributed by atoms with Gasteiger partial charge in [0.25, 0.3) is 5.91 Å². The van der Waals surface area contributed by atoms with Crippen LogP contribution in [0.5, 0.6) is 5.75 Å². The molecule has 0 bridgehead atoms. The standard InChI is InChI=1S/C22H21Cl2N3O2S/c1-29-17-5-2-15(3-6-17)20-14-30-21(25-20)13-26-8-10-27(11-9-26)22(28)18-7-4-16(23)12-19(18)24/h2-7,12,14H,8-11,13H2,1H3. The quantitative estimate of drug-likeness (QED) is 0.531. The van der Waals surface area contributed by atoms with E-state index in [0.717, 1.165) is 41.6 Å². The highest BCUT2D eigenvalue weighted by Crippen LogP contribution is 2.26. The summed E-state index contributed by atoms with van der Waals surface area (Å²) in [7, 11) is 1.66. The van der Waals surface area contributed by atoms with E-state index in [0.29, 0.717) is 28.7 Å². The molecule has 156 valence electrons. The number of carbonyl (C=O) groups excluding carboxylic acids is 1. The van der Waals surface area contributed by atoms with Crippen LogP contribution in [-0.4, -0.2) is 54.0 Å². The molecule has 2 heterocycles. The molecule has 2 aromatic carbocycles. The predicted octanol–water partition coefficient (Wildman–Crippen LogP) is 5.08. The Balaban J connectivity index is 1.33. The first-order chi connectivity index (χ1) is 14.5. The number of rotatable bonds is 5. The monoisotopic (exact) mass is 461 g/mol. The molecule has 1 aliphatic rings. The zero-order chi connectivity index (χ0) is 21.1. The first-order valence-corrected chi connectivity index (χ1v) is 11.2. The van der Waals surface area contributed by atoms with Gasteiger partial charge in [-0.15, -0.1) is 11.3 Å². The molecule has 8 heteroatoms. The van der Waals surface area contributed by atoms with E-state index in [1.165, 1.54) is 0 Å². The van der Waals surface area contributed by atoms with Crippen molar-refractivity contribution in [2.75, 3.05) is 33.3 Å². The van der Waals surface area contributed by atoms with Crippen LogP contribution in [0.15, 0.2) is 47.8 Å². The summed E-state index contributed by atoms with van der Waals surface area (Å²) in [5, 5.41) is 4.07. The molecule has 5 nitrogen and oxygen atoms in total. The third kappa shape index (κ3) is 4.78. The minimum absolute atomic E-state index is 0.0487. The molecule has 3 aromatic rings. The van der Waals surface area contributed by atoms with Crippen molar-refractivity contribution in [1.29, 1.82) is 0 Å². The topological polar surface area (TPSA) is 45.7 Å². The van der Waals surface area contributed by atoms with E-state index < -0.39 is 0 Å². The summed E-state index contributed by atoms with van der Waals surface area (Å²) in [6.07, 6.45) is 0. The molecular weight excluding hydrogens is 441 g/mol. The largest absolute Gasteiger partial charge is 0.497 e. The fourth-order valence-electron chi connectivity index (χ4n) is 3.41. The van der Waals surface area contributed by atoms with Gasteiger partial charge >= 0.3 is 0 Å². The average molecular weight is 462 g/mol. The second-order valence-corrected chi connectivity index (χ2v) is 8.83. The van der Waals surface area contributed by atoms with Gasteiger partial charge in [0, 0.05) is 42.1 Å². The number of amides is 1. The summed E-state index contributed by atoms with van der Waals surface area (Å²) < 4.78 is 5.21. The van der Waals surface area contributed by atoms with Gasteiger partial charge in [0.2, 0.25) is 0 Å². The fraction of sp³-hybridized carbons (Fsp3) is 0.273. The van der Waals surface area contributed by atoms with Crippen molar-refractivity contribution in [1.82, 2.24) is 14.8 Å². The fourth-order valence-corrected chi connectivity index (χ4v) is 4.75. The molecule has 1 saturated heterocycles. The number of methoxy groups -OCH3 is 1. The molecule has 0 atom stereocenters. The number of piperazine rings is 1. The maximum atomic E-state index is 12.8. The lowest BCUT2D eigenvalue weighted by Gasteiger charge is -2.34. The highest BCUT2D eigenvalue weighted by Gasteiger charge is 2.24. The Bertz CT molecular complexity index is 1030. The third-order valence-electron chi connectivity index (χ3n) is 5.12. The highest BCUT2D eigenvalue weighted by atomic mass is 35.5. The van der Waals surface area contributed by atoms with Gasteiger partial charge < -0.3 is 9.64 Å². The van der Waals surface area contributed by atoms with Crippen LogP contribution in [0.2, 0.25) is 10.0 Å². The second-order valence-electron chi connectivity index (χ2n) is 7.05. The smallest absolute Gasteiger partial charge is 0.255 e. The molecule has 0 radical (unpaired) electrons. The van der Waals surface area contributed by atoms with Crippen molar-refractivity contribution >= 4 is 40.4 Å². The van der Waals surface area contributed by atoms with E-state index in [-0.39, 0.29) is 5.91 Å². The maximum Gasteiger partial charge on any atom is 0.255 e. The van der Waals surface area contributed by atoms with E-state index in [4.69, 9.17) is 32.9 Å². The van der Waals surface area contributed by atoms with Crippen molar-refractivity contribution in [3.05, 3.63) is 68.5 Å². The van der Waals surface area contributed by atoms with E-state index in [2.05, 4.69) is 10.3 Å². The first kappa shape index (κ1) is 21.1. The number of hydrogen-bond donors (Lipinski definition) is 0. The van der Waals surface area contributed by atoms with Crippen LogP contribution < -0.4 is 4.74 Å². The Kier molecular flexibility index (Phi) is 6.58. The van der Waals surface area contributed by atoms with Gasteiger partial charge in [-0.3, -0.25) is 9.69 Å². The van der Waals surface area contributed by atoms with Gasteiger partial charge in [0.05, 0.1) is 29.9 Å². The normalized spacial score (nSPS) is 14.7. The van der Waals surface area contributed by atoms with Crippen LogP contribution in [0.3, 0.4) is 0 Å². The number of halogens is 2. The number of nitrogens with zero attached hydrogens (tertiary/aromatic N) is 3. The van der Waals surface area contributed by atoms with Crippen molar-refractivity contribution in [3.63, 3.8) is 0 Å². The Hall–Kier alpha value is -2.12. The van der Waals surface area contributed by atoms with Crippen molar-refractivity contribution in [2.45, 2.75) is 6.54 Å². The van der Waals surface area contributed by atoms with Crippen LogP contribution in [0.1, 0.15) is 15.4 Å². The SMILES string of the molecule is COc1ccc(-c2csc(CN3CCN(C(=O)c4ccc(Cl)cc4Cl)CC3)n2)cc1. The molecule has 0 spiro atoms. The van der Waals surface area contributed by atoms with Crippen molar-refractivity contribution < 1.29 is 9.53 Å². The zero-order valence-electron chi connectivity index (χ0n) is 16.5. The minimum Gasteiger partial charge on any atom is -0.497 e. The molecule has 0 N–H and O–H groups in total. The summed E-state index contributed by atoms with van der Waals surface area (Å²) in [6, 6.07) is 12.9. The molecule has 0 unspecified atom stereocenters. The lowest BCUT2D eigenvalue weighted by Crippen LogP contribution is -2.48. The average Bonchev–Trinajstić information content (AvgIpc) is 3.22. The number of aromatic nitrogens is 1. The van der Waals surface area contributed by atoms with Gasteiger partial charge in [0.1, 0.15) is 10.8 Å². The Morgan fingerprint density at radius 3 is 2.50 bits per heavy atom. The van der Waals surface area contributed by atoms with Crippen LogP contribution in [0, 0.1) is 0 Å². The summed E-state index contributed by atoms with van der Waals surface area (Å²) in [5.74, 6) is 0.786. The van der Waals surface area contributed by atoms with Crippen molar-refractivity contribution in [3.8, 4) is 17.0 Å². The van der Waals surface area contributed by atoms with E-state index in [1.807, 2.05) is 29.2 Å². The predicted molar refractivity (Wildman–Crippen MR) is 122 cm³/mol. The van der Waals surface area contributed by atoms with Crippen molar-refractivity contribution in [2.24, 2.45) is 0 Å². The van der Waals surface area contributed by atoms with Gasteiger partial charge in [-0.2, -0.15) is 0 Å². The molecule has 30 heavy (non-hydrogen) atoms. The molecular formula is C22H21Cl2N3O2S. The Morgan fingerprint density at radius 1 is 1.10 bits per heavy atom. The molecule has 4 rings (SSSR count). The first-order valence-electron chi connectivity index (χ1n) is 9.59. The third-order valence-corrected chi connectivity index (χ3v) is 6.50. The van der Waals surface area contributed by atoms with Crippen LogP contribution >= 0.6 is 34.5 Å². The summed E-state index contributed by atoms with van der Waals surface area (Å²) >= 11 is 13.8. The molecule has 0 saturated carbocycles. The maximum absolute atomic E-state index is 12.8.